The van der Waals surface area contributed by atoms with E-state index in [1.807, 2.05) is 0 Å². The summed E-state index contributed by atoms with van der Waals surface area (Å²) in [4.78, 5) is 13.5. The van der Waals surface area contributed by atoms with Crippen molar-refractivity contribution >= 4 is 28.9 Å². The number of halogens is 1. The van der Waals surface area contributed by atoms with Crippen LogP contribution in [0, 0.1) is 5.82 Å². The summed E-state index contributed by atoms with van der Waals surface area (Å²) in [5.41, 5.74) is 6.18. The van der Waals surface area contributed by atoms with Gasteiger partial charge in [-0.2, -0.15) is 0 Å². The largest absolute Gasteiger partial charge is 0.467 e. The number of carbonyl (C=O) groups excluding carboxylic acids is 1. The number of methoxy groups -OCH3 is 1. The fourth-order valence-electron chi connectivity index (χ4n) is 2.13. The lowest BCUT2D eigenvalue weighted by Crippen LogP contribution is -2.50. The lowest BCUT2D eigenvalue weighted by Gasteiger charge is -2.35. The first-order valence-electron chi connectivity index (χ1n) is 6.06. The molecular weight excluding hydrogens is 283 g/mol. The maximum Gasteiger partial charge on any atom is 0.330 e. The number of nitrogens with zero attached hydrogens (tertiary/aromatic N) is 1. The highest BCUT2D eigenvalue weighted by atomic mass is 32.1. The SMILES string of the molecule is COC(=O)C1COCCN1c1ccc(C(N)=S)c(F)c1. The van der Waals surface area contributed by atoms with Gasteiger partial charge in [0.25, 0.3) is 0 Å². The van der Waals surface area contributed by atoms with Gasteiger partial charge < -0.3 is 20.1 Å². The van der Waals surface area contributed by atoms with E-state index < -0.39 is 17.8 Å². The van der Waals surface area contributed by atoms with Crippen molar-refractivity contribution in [2.75, 3.05) is 31.8 Å². The summed E-state index contributed by atoms with van der Waals surface area (Å²) in [6, 6.07) is 3.93. The number of rotatable bonds is 3. The Morgan fingerprint density at radius 3 is 2.95 bits per heavy atom. The second kappa shape index (κ2) is 6.15. The van der Waals surface area contributed by atoms with E-state index in [1.165, 1.54) is 19.2 Å². The van der Waals surface area contributed by atoms with Crippen molar-refractivity contribution in [3.63, 3.8) is 0 Å². The molecule has 20 heavy (non-hydrogen) atoms. The summed E-state index contributed by atoms with van der Waals surface area (Å²) < 4.78 is 23.9. The monoisotopic (exact) mass is 298 g/mol. The summed E-state index contributed by atoms with van der Waals surface area (Å²) in [7, 11) is 1.31. The maximum absolute atomic E-state index is 13.9. The maximum atomic E-state index is 13.9. The van der Waals surface area contributed by atoms with Gasteiger partial charge in [-0.3, -0.25) is 0 Å². The quantitative estimate of drug-likeness (QED) is 0.659. The van der Waals surface area contributed by atoms with Crippen LogP contribution >= 0.6 is 12.2 Å². The van der Waals surface area contributed by atoms with Crippen molar-refractivity contribution in [1.82, 2.24) is 0 Å². The Labute approximate surface area is 121 Å². The zero-order valence-electron chi connectivity index (χ0n) is 11.0. The van der Waals surface area contributed by atoms with Crippen LogP contribution in [0.3, 0.4) is 0 Å². The zero-order valence-corrected chi connectivity index (χ0v) is 11.8. The third kappa shape index (κ3) is 2.88. The molecule has 1 atom stereocenters. The standard InChI is InChI=1S/C13H15FN2O3S/c1-18-13(17)11-7-19-5-4-16(11)8-2-3-9(12(15)20)10(14)6-8/h2-3,6,11H,4-5,7H2,1H3,(H2,15,20). The molecule has 1 aliphatic rings. The highest BCUT2D eigenvalue weighted by molar-refractivity contribution is 7.80. The number of morpholine rings is 1. The molecule has 1 aromatic carbocycles. The summed E-state index contributed by atoms with van der Waals surface area (Å²) in [6.45, 7) is 1.16. The van der Waals surface area contributed by atoms with Crippen LogP contribution in [0.2, 0.25) is 0 Å². The van der Waals surface area contributed by atoms with Crippen LogP contribution in [-0.4, -0.2) is 43.9 Å². The predicted octanol–water partition coefficient (Wildman–Crippen LogP) is 0.838. The van der Waals surface area contributed by atoms with E-state index in [9.17, 15) is 9.18 Å². The van der Waals surface area contributed by atoms with Gasteiger partial charge in [0.05, 0.1) is 20.3 Å². The van der Waals surface area contributed by atoms with Crippen molar-refractivity contribution in [3.8, 4) is 0 Å². The second-order valence-corrected chi connectivity index (χ2v) is 4.78. The topological polar surface area (TPSA) is 64.8 Å². The molecule has 1 heterocycles. The zero-order chi connectivity index (χ0) is 14.7. The molecule has 1 aromatic rings. The van der Waals surface area contributed by atoms with Crippen molar-refractivity contribution < 1.29 is 18.7 Å². The molecule has 1 aliphatic heterocycles. The van der Waals surface area contributed by atoms with E-state index >= 15 is 0 Å². The molecule has 0 aliphatic carbocycles. The predicted molar refractivity (Wildman–Crippen MR) is 76.3 cm³/mol. The number of esters is 1. The van der Waals surface area contributed by atoms with Crippen LogP contribution < -0.4 is 10.6 Å². The lowest BCUT2D eigenvalue weighted by molar-refractivity contribution is -0.144. The highest BCUT2D eigenvalue weighted by Gasteiger charge is 2.30. The number of nitrogens with two attached hydrogens (primary N) is 1. The van der Waals surface area contributed by atoms with E-state index in [-0.39, 0.29) is 17.2 Å². The molecule has 0 bridgehead atoms. The molecule has 5 nitrogen and oxygen atoms in total. The van der Waals surface area contributed by atoms with E-state index in [4.69, 9.17) is 27.4 Å². The first-order valence-corrected chi connectivity index (χ1v) is 6.47. The lowest BCUT2D eigenvalue weighted by atomic mass is 10.1. The minimum atomic E-state index is -0.580. The van der Waals surface area contributed by atoms with Gasteiger partial charge in [0, 0.05) is 17.8 Å². The third-order valence-electron chi connectivity index (χ3n) is 3.15. The van der Waals surface area contributed by atoms with Crippen LogP contribution in [0.5, 0.6) is 0 Å². The summed E-state index contributed by atoms with van der Waals surface area (Å²) in [6.07, 6.45) is 0. The fraction of sp³-hybridized carbons (Fsp3) is 0.385. The van der Waals surface area contributed by atoms with Gasteiger partial charge in [-0.25, -0.2) is 9.18 Å². The third-order valence-corrected chi connectivity index (χ3v) is 3.37. The molecule has 2 N–H and O–H groups in total. The number of benzene rings is 1. The van der Waals surface area contributed by atoms with Gasteiger partial charge in [0.1, 0.15) is 10.8 Å². The molecule has 2 rings (SSSR count). The number of anilines is 1. The van der Waals surface area contributed by atoms with Crippen LogP contribution in [0.25, 0.3) is 0 Å². The summed E-state index contributed by atoms with van der Waals surface area (Å²) in [5, 5.41) is 0. The van der Waals surface area contributed by atoms with E-state index in [0.717, 1.165) is 0 Å². The molecule has 1 saturated heterocycles. The van der Waals surface area contributed by atoms with Gasteiger partial charge in [-0.15, -0.1) is 0 Å². The van der Waals surface area contributed by atoms with Crippen molar-refractivity contribution in [2.24, 2.45) is 5.73 Å². The van der Waals surface area contributed by atoms with Gasteiger partial charge >= 0.3 is 5.97 Å². The molecule has 0 saturated carbocycles. The molecule has 7 heteroatoms. The van der Waals surface area contributed by atoms with Gasteiger partial charge in [-0.1, -0.05) is 12.2 Å². The molecule has 0 spiro atoms. The molecule has 0 aromatic heterocycles. The van der Waals surface area contributed by atoms with E-state index in [0.29, 0.717) is 18.8 Å². The molecule has 1 unspecified atom stereocenters. The summed E-state index contributed by atoms with van der Waals surface area (Å²) in [5.74, 6) is -0.923. The normalized spacial score (nSPS) is 18.7. The van der Waals surface area contributed by atoms with Crippen molar-refractivity contribution in [3.05, 3.63) is 29.6 Å². The Morgan fingerprint density at radius 1 is 1.60 bits per heavy atom. The van der Waals surface area contributed by atoms with E-state index in [2.05, 4.69) is 0 Å². The molecular formula is C13H15FN2O3S. The number of hydrogen-bond acceptors (Lipinski definition) is 5. The minimum Gasteiger partial charge on any atom is -0.467 e. The van der Waals surface area contributed by atoms with Gasteiger partial charge in [0.2, 0.25) is 0 Å². The number of hydrogen-bond donors (Lipinski definition) is 1. The van der Waals surface area contributed by atoms with Crippen molar-refractivity contribution in [2.45, 2.75) is 6.04 Å². The van der Waals surface area contributed by atoms with Gasteiger partial charge in [0.15, 0.2) is 6.04 Å². The van der Waals surface area contributed by atoms with Crippen LogP contribution in [0.15, 0.2) is 18.2 Å². The Morgan fingerprint density at radius 2 is 2.35 bits per heavy atom. The van der Waals surface area contributed by atoms with Crippen LogP contribution in [-0.2, 0) is 14.3 Å². The van der Waals surface area contributed by atoms with Crippen molar-refractivity contribution in [1.29, 1.82) is 0 Å². The molecule has 0 radical (unpaired) electrons. The molecule has 1 fully saturated rings. The fourth-order valence-corrected chi connectivity index (χ4v) is 2.29. The smallest absolute Gasteiger partial charge is 0.330 e. The Hall–Kier alpha value is -1.73. The average molecular weight is 298 g/mol. The first-order chi connectivity index (χ1) is 9.54. The minimum absolute atomic E-state index is 0.000505. The highest BCUT2D eigenvalue weighted by Crippen LogP contribution is 2.23. The number of carbonyl (C=O) groups is 1. The van der Waals surface area contributed by atoms with Gasteiger partial charge in [-0.05, 0) is 18.2 Å². The second-order valence-electron chi connectivity index (χ2n) is 4.34. The Balaban J connectivity index is 2.31. The Kier molecular flexibility index (Phi) is 4.51. The van der Waals surface area contributed by atoms with Crippen LogP contribution in [0.1, 0.15) is 5.56 Å². The molecule has 108 valence electrons. The number of ether oxygens (including phenoxy) is 2. The average Bonchev–Trinajstić information content (AvgIpc) is 2.46. The number of thiocarbonyl (C=S) groups is 1. The molecule has 0 amide bonds. The summed E-state index contributed by atoms with van der Waals surface area (Å²) >= 11 is 4.76. The van der Waals surface area contributed by atoms with E-state index in [1.54, 1.807) is 11.0 Å². The Bertz CT molecular complexity index is 538. The first kappa shape index (κ1) is 14.7. The van der Waals surface area contributed by atoms with Crippen LogP contribution in [0.4, 0.5) is 10.1 Å².